The molecular weight excluding hydrogens is 1360 g/mol. The first kappa shape index (κ1) is 81.6. The molecule has 8 atom stereocenters. The number of amides is 7. The number of methoxy groups -OCH3 is 1. The number of anilines is 1. The second-order valence-electron chi connectivity index (χ2n) is 24.9. The molecule has 4 aliphatic rings. The number of phenolic OH excluding ortho intramolecular Hbond substituents is 2. The van der Waals surface area contributed by atoms with Gasteiger partial charge >= 0.3 is 18.1 Å². The molecule has 0 radical (unpaired) electrons. The lowest BCUT2D eigenvalue weighted by molar-refractivity contribution is -0.249. The Balaban J connectivity index is 0.784. The molecule has 2 saturated heterocycles. The predicted molar refractivity (Wildman–Crippen MR) is 355 cm³/mol. The summed E-state index contributed by atoms with van der Waals surface area (Å²) in [6.45, 7) is 7.31. The van der Waals surface area contributed by atoms with Gasteiger partial charge in [0.05, 0.1) is 147 Å². The Morgan fingerprint density at radius 3 is 1.88 bits per heavy atom. The molecule has 0 spiro atoms. The van der Waals surface area contributed by atoms with Crippen molar-refractivity contribution in [3.05, 3.63) is 81.4 Å². The number of aromatic hydroxyl groups is 2. The molecule has 11 N–H and O–H groups in total. The highest BCUT2D eigenvalue weighted by Crippen LogP contribution is 2.53. The average Bonchev–Trinajstić information content (AvgIpc) is 0.966. The van der Waals surface area contributed by atoms with Gasteiger partial charge in [0, 0.05) is 79.8 Å². The fourth-order valence-corrected chi connectivity index (χ4v) is 11.8. The number of benzene rings is 3. The number of nitrogens with two attached hydrogens (primary N) is 1. The van der Waals surface area contributed by atoms with Crippen LogP contribution in [0.3, 0.4) is 0 Å². The largest absolute Gasteiger partial charge is 0.507 e. The summed E-state index contributed by atoms with van der Waals surface area (Å²) in [5.74, 6) is -8.87. The second kappa shape index (κ2) is 40.4. The summed E-state index contributed by atoms with van der Waals surface area (Å²) >= 11 is 0. The molecule has 2 aliphatic carbocycles. The molecule has 3 aromatic rings. The van der Waals surface area contributed by atoms with E-state index in [9.17, 15) is 78.3 Å². The van der Waals surface area contributed by atoms with Crippen molar-refractivity contribution in [1.29, 1.82) is 0 Å². The van der Waals surface area contributed by atoms with E-state index < -0.39 is 155 Å². The average molecular weight is 1450 g/mol. The first-order valence-corrected chi connectivity index (χ1v) is 33.9. The highest BCUT2D eigenvalue weighted by molar-refractivity contribution is 6.31. The van der Waals surface area contributed by atoms with Gasteiger partial charge in [-0.05, 0) is 49.4 Å². The summed E-state index contributed by atoms with van der Waals surface area (Å²) in [5.41, 5.74) is 1.56. The van der Waals surface area contributed by atoms with Crippen molar-refractivity contribution in [3.8, 4) is 17.2 Å². The van der Waals surface area contributed by atoms with Crippen molar-refractivity contribution in [2.45, 2.75) is 134 Å². The summed E-state index contributed by atoms with van der Waals surface area (Å²) in [7, 11) is 1.28. The second-order valence-corrected chi connectivity index (χ2v) is 24.9. The van der Waals surface area contributed by atoms with Crippen LogP contribution in [0, 0.1) is 11.8 Å². The van der Waals surface area contributed by atoms with Crippen molar-refractivity contribution in [2.24, 2.45) is 17.6 Å². The highest BCUT2D eigenvalue weighted by atomic mass is 16.7. The number of carbonyl (C=O) groups is 11. The Morgan fingerprint density at radius 1 is 0.748 bits per heavy atom. The first-order valence-electron chi connectivity index (χ1n) is 33.9. The number of alkyl carbamates (subject to hydrolysis) is 1. The minimum absolute atomic E-state index is 0.0163. The molecule has 3 aromatic carbocycles. The number of imide groups is 1. The summed E-state index contributed by atoms with van der Waals surface area (Å²) in [6, 6.07) is 7.59. The molecule has 2 heterocycles. The molecular formula is C69H92N6O28. The molecule has 7 rings (SSSR count). The van der Waals surface area contributed by atoms with Crippen molar-refractivity contribution in [1.82, 2.24) is 21.0 Å². The van der Waals surface area contributed by atoms with Gasteiger partial charge in [-0.2, -0.15) is 0 Å². The van der Waals surface area contributed by atoms with Gasteiger partial charge in [-0.25, -0.2) is 14.4 Å². The number of carbonyl (C=O) groups excluding carboxylic acids is 11. The van der Waals surface area contributed by atoms with E-state index >= 15 is 0 Å². The molecule has 103 heavy (non-hydrogen) atoms. The number of urea groups is 1. The number of nitrogens with one attached hydrogen (secondary N) is 4. The molecule has 0 saturated carbocycles. The minimum atomic E-state index is -2.43. The maximum absolute atomic E-state index is 14.1. The lowest BCUT2D eigenvalue weighted by Crippen LogP contribution is -2.56. The topological polar surface area (TPSA) is 477 Å². The third-order valence-electron chi connectivity index (χ3n) is 17.2. The third-order valence-corrected chi connectivity index (χ3v) is 17.2. The molecule has 34 nitrogen and oxygen atoms in total. The smallest absolute Gasteiger partial charge is 0.407 e. The van der Waals surface area contributed by atoms with Gasteiger partial charge < -0.3 is 109 Å². The lowest BCUT2D eigenvalue weighted by atomic mass is 9.72. The Morgan fingerprint density at radius 2 is 1.32 bits per heavy atom. The zero-order valence-electron chi connectivity index (χ0n) is 57.9. The van der Waals surface area contributed by atoms with Gasteiger partial charge in [-0.1, -0.05) is 38.1 Å². The molecule has 566 valence electrons. The minimum Gasteiger partial charge on any atom is -0.507 e. The number of aliphatic hydroxyl groups is 3. The number of hydroxylamine groups is 2. The van der Waals surface area contributed by atoms with E-state index in [-0.39, 0.29) is 138 Å². The predicted octanol–water partition coefficient (Wildman–Crippen LogP) is 1.58. The summed E-state index contributed by atoms with van der Waals surface area (Å²) in [6.07, 6.45) is -7.96. The molecule has 34 heteroatoms. The van der Waals surface area contributed by atoms with Crippen molar-refractivity contribution >= 4 is 70.5 Å². The maximum Gasteiger partial charge on any atom is 0.407 e. The van der Waals surface area contributed by atoms with Gasteiger partial charge in [0.2, 0.25) is 17.6 Å². The van der Waals surface area contributed by atoms with E-state index in [2.05, 4.69) is 21.3 Å². The lowest BCUT2D eigenvalue weighted by Gasteiger charge is -2.42. The molecule has 0 bridgehead atoms. The standard InChI is InChI=1S/C69H92N6O28/c1-39(2)60(74-51(79)16-19-93-21-23-95-25-27-97-29-31-99-32-30-98-28-26-96-24-22-94-20-17-54(82)103-75-52(80)14-15-53(75)81)47(77)33-42(7-6-18-71-67(70)89)66(88)72-43-12-10-41(11-13-43)38-100-68(90)73-46-34-55(101-40(3)61(46)83)102-49-36-69(91,50(78)37-76)35-45-57(49)65(87)59-58(63(45)85)62(84)44-8-5-9-48(92-4)56(44)64(59)86/h5,8-13,39-40,42,46,49,55,60-61,76,83,85,87,91H,6-7,14-38H2,1-4H3,(H,72,88)(H,73,90)(H,74,79)(H3,70,71,89)/t40?,42?,46?,49?,55?,60?,61?,69-/m0/s1. The third kappa shape index (κ3) is 23.4. The number of aliphatic hydroxyl groups excluding tert-OH is 2. The Kier molecular flexibility index (Phi) is 32.0. The fourth-order valence-electron chi connectivity index (χ4n) is 11.8. The monoisotopic (exact) mass is 1450 g/mol. The van der Waals surface area contributed by atoms with Crippen LogP contribution in [0.2, 0.25) is 0 Å². The van der Waals surface area contributed by atoms with E-state index in [0.29, 0.717) is 69.2 Å². The van der Waals surface area contributed by atoms with Crippen molar-refractivity contribution < 1.29 is 135 Å². The SMILES string of the molecule is COc1cccc2c1C(=O)c1c(O)c3c(c(O)c1C2=O)C[C@@](O)(C(=O)CO)CC3OC1CC(NC(=O)OCc2ccc(NC(=O)C(CCCNC(N)=O)CC(=O)C(NC(=O)CCOCCOCCOCCOCCOCCOCCOCCC(=O)ON3C(=O)CCC3=O)C(C)C)cc2)C(O)C(C)O1. The number of hydrogen-bond donors (Lipinski definition) is 10. The number of nitrogens with zero attached hydrogens (tertiary/aromatic N) is 1. The van der Waals surface area contributed by atoms with E-state index in [1.54, 1.807) is 26.0 Å². The Bertz CT molecular complexity index is 3450. The van der Waals surface area contributed by atoms with Gasteiger partial charge in [0.15, 0.2) is 23.6 Å². The van der Waals surface area contributed by atoms with Crippen LogP contribution in [0.25, 0.3) is 0 Å². The van der Waals surface area contributed by atoms with E-state index in [4.69, 9.17) is 62.7 Å². The summed E-state index contributed by atoms with van der Waals surface area (Å²) in [5, 5.41) is 67.6. The molecule has 2 aliphatic heterocycles. The van der Waals surface area contributed by atoms with Crippen LogP contribution in [0.5, 0.6) is 17.2 Å². The zero-order chi connectivity index (χ0) is 74.8. The number of hydrogen-bond acceptors (Lipinski definition) is 28. The zero-order valence-corrected chi connectivity index (χ0v) is 57.9. The normalized spacial score (nSPS) is 19.8. The first-order chi connectivity index (χ1) is 49.3. The van der Waals surface area contributed by atoms with Crippen LogP contribution in [-0.4, -0.2) is 244 Å². The number of phenols is 2. The quantitative estimate of drug-likeness (QED) is 0.0171. The maximum atomic E-state index is 14.1. The van der Waals surface area contributed by atoms with Crippen molar-refractivity contribution in [3.63, 3.8) is 0 Å². The van der Waals surface area contributed by atoms with Crippen LogP contribution < -0.4 is 31.7 Å². The van der Waals surface area contributed by atoms with Gasteiger partial charge in [0.25, 0.3) is 11.8 Å². The number of rotatable bonds is 44. The van der Waals surface area contributed by atoms with E-state index in [0.717, 1.165) is 0 Å². The molecule has 2 fully saturated rings. The highest BCUT2D eigenvalue weighted by Gasteiger charge is 2.51. The van der Waals surface area contributed by atoms with Crippen LogP contribution in [0.4, 0.5) is 15.3 Å². The molecule has 7 amide bonds. The van der Waals surface area contributed by atoms with Gasteiger partial charge in [-0.3, -0.25) is 38.4 Å². The summed E-state index contributed by atoms with van der Waals surface area (Å²) in [4.78, 5) is 146. The van der Waals surface area contributed by atoms with Crippen molar-refractivity contribution in [2.75, 3.05) is 118 Å². The number of Topliss-reactive ketones (excluding diaryl/α,β-unsaturated/α-hetero) is 2. The Hall–Kier alpha value is -8.65. The number of primary amides is 1. The van der Waals surface area contributed by atoms with E-state index in [1.165, 1.54) is 44.4 Å². The fraction of sp³-hybridized carbons (Fsp3) is 0.580. The van der Waals surface area contributed by atoms with Gasteiger partial charge in [0.1, 0.15) is 42.2 Å². The molecule has 0 aromatic heterocycles. The van der Waals surface area contributed by atoms with Crippen LogP contribution in [0.15, 0.2) is 42.5 Å². The number of fused-ring (bicyclic) bond motifs is 3. The van der Waals surface area contributed by atoms with Crippen LogP contribution in [-0.2, 0) is 98.8 Å². The van der Waals surface area contributed by atoms with E-state index in [1.807, 2.05) is 0 Å². The summed E-state index contributed by atoms with van der Waals surface area (Å²) < 4.78 is 61.3. The van der Waals surface area contributed by atoms with Crippen LogP contribution in [0.1, 0.15) is 133 Å². The number of ether oxygens (including phenoxy) is 11. The van der Waals surface area contributed by atoms with Crippen LogP contribution >= 0.6 is 0 Å². The van der Waals surface area contributed by atoms with Gasteiger partial charge in [-0.15, -0.1) is 5.06 Å². The Labute approximate surface area is 592 Å². The molecule has 7 unspecified atom stereocenters. The number of ketones is 4.